The summed E-state index contributed by atoms with van der Waals surface area (Å²) in [7, 11) is 1.41. The number of hydrogen-bond donors (Lipinski definition) is 0. The number of ether oxygens (including phenoxy) is 3. The van der Waals surface area contributed by atoms with Gasteiger partial charge in [-0.2, -0.15) is 0 Å². The molecule has 0 N–H and O–H groups in total. The van der Waals surface area contributed by atoms with E-state index in [4.69, 9.17) is 9.47 Å². The van der Waals surface area contributed by atoms with Crippen molar-refractivity contribution in [2.45, 2.75) is 38.9 Å². The van der Waals surface area contributed by atoms with Gasteiger partial charge < -0.3 is 14.2 Å². The van der Waals surface area contributed by atoms with Crippen molar-refractivity contribution < 1.29 is 19.0 Å². The summed E-state index contributed by atoms with van der Waals surface area (Å²) < 4.78 is 15.6. The maximum atomic E-state index is 11.1. The Hall–Kier alpha value is -0.610. The first-order valence-electron chi connectivity index (χ1n) is 5.55. The van der Waals surface area contributed by atoms with Crippen LogP contribution in [0.4, 0.5) is 0 Å². The second-order valence-corrected chi connectivity index (χ2v) is 3.88. The highest BCUT2D eigenvalue weighted by Gasteiger charge is 2.16. The molecular formula is C11H20O4. The van der Waals surface area contributed by atoms with Crippen molar-refractivity contribution in [3.8, 4) is 0 Å². The predicted octanol–water partition coefficient (Wildman–Crippen LogP) is 1.73. The summed E-state index contributed by atoms with van der Waals surface area (Å²) in [6, 6.07) is 0. The summed E-state index contributed by atoms with van der Waals surface area (Å²) >= 11 is 0. The van der Waals surface area contributed by atoms with Gasteiger partial charge in [0.1, 0.15) is 0 Å². The minimum absolute atomic E-state index is 0.0661. The molecule has 15 heavy (non-hydrogen) atoms. The van der Waals surface area contributed by atoms with Gasteiger partial charge in [0.05, 0.1) is 19.6 Å². The van der Waals surface area contributed by atoms with E-state index in [0.29, 0.717) is 13.0 Å². The van der Waals surface area contributed by atoms with Crippen molar-refractivity contribution in [3.05, 3.63) is 0 Å². The number of carbonyl (C=O) groups excluding carboxylic acids is 1. The van der Waals surface area contributed by atoms with Gasteiger partial charge in [0, 0.05) is 6.61 Å². The Bertz CT molecular complexity index is 187. The molecular weight excluding hydrogens is 196 g/mol. The van der Waals surface area contributed by atoms with Crippen molar-refractivity contribution >= 4 is 5.97 Å². The minimum Gasteiger partial charge on any atom is -0.469 e. The zero-order chi connectivity index (χ0) is 11.1. The molecule has 2 atom stereocenters. The molecule has 88 valence electrons. The molecule has 1 rings (SSSR count). The number of methoxy groups -OCH3 is 1. The Kier molecular flexibility index (Phi) is 5.65. The van der Waals surface area contributed by atoms with E-state index >= 15 is 0 Å². The Balaban J connectivity index is 2.07. The van der Waals surface area contributed by atoms with Crippen molar-refractivity contribution in [2.75, 3.05) is 20.3 Å². The lowest BCUT2D eigenvalue weighted by atomic mass is 10.1. The predicted molar refractivity (Wildman–Crippen MR) is 55.3 cm³/mol. The first-order valence-corrected chi connectivity index (χ1v) is 5.55. The first kappa shape index (κ1) is 12.5. The lowest BCUT2D eigenvalue weighted by Crippen LogP contribution is -2.24. The van der Waals surface area contributed by atoms with Gasteiger partial charge in [-0.1, -0.05) is 6.92 Å². The third-order valence-electron chi connectivity index (χ3n) is 2.60. The second-order valence-electron chi connectivity index (χ2n) is 3.88. The molecule has 0 aromatic rings. The number of rotatable bonds is 5. The van der Waals surface area contributed by atoms with Gasteiger partial charge in [0.25, 0.3) is 0 Å². The third-order valence-corrected chi connectivity index (χ3v) is 2.60. The van der Waals surface area contributed by atoms with Crippen molar-refractivity contribution in [2.24, 2.45) is 5.92 Å². The lowest BCUT2D eigenvalue weighted by molar-refractivity contribution is -0.166. The van der Waals surface area contributed by atoms with Crippen LogP contribution in [0, 0.1) is 5.92 Å². The van der Waals surface area contributed by atoms with Crippen LogP contribution in [0.5, 0.6) is 0 Å². The molecule has 0 radical (unpaired) electrons. The summed E-state index contributed by atoms with van der Waals surface area (Å²) in [6.45, 7) is 3.19. The standard InChI is InChI=1S/C11H20O4/c1-9(11(12)13-2)6-8-15-10-5-3-4-7-14-10/h9-10H,3-8H2,1-2H3. The smallest absolute Gasteiger partial charge is 0.308 e. The van der Waals surface area contributed by atoms with Gasteiger partial charge in [0.2, 0.25) is 0 Å². The third kappa shape index (κ3) is 4.62. The van der Waals surface area contributed by atoms with E-state index < -0.39 is 0 Å². The second kappa shape index (κ2) is 6.80. The van der Waals surface area contributed by atoms with E-state index in [1.807, 2.05) is 6.92 Å². The Morgan fingerprint density at radius 3 is 2.93 bits per heavy atom. The molecule has 0 spiro atoms. The van der Waals surface area contributed by atoms with Crippen LogP contribution in [-0.2, 0) is 19.0 Å². The molecule has 0 saturated carbocycles. The van der Waals surface area contributed by atoms with Crippen LogP contribution in [0.2, 0.25) is 0 Å². The van der Waals surface area contributed by atoms with Crippen molar-refractivity contribution in [1.82, 2.24) is 0 Å². The highest BCUT2D eigenvalue weighted by molar-refractivity contribution is 5.71. The van der Waals surface area contributed by atoms with Crippen LogP contribution in [-0.4, -0.2) is 32.6 Å². The lowest BCUT2D eigenvalue weighted by Gasteiger charge is -2.23. The highest BCUT2D eigenvalue weighted by Crippen LogP contribution is 2.14. The zero-order valence-corrected chi connectivity index (χ0v) is 9.53. The molecule has 1 fully saturated rings. The fourth-order valence-electron chi connectivity index (χ4n) is 1.54. The minimum atomic E-state index is -0.178. The van der Waals surface area contributed by atoms with Crippen LogP contribution in [0.1, 0.15) is 32.6 Å². The molecule has 0 aromatic carbocycles. The van der Waals surface area contributed by atoms with Crippen molar-refractivity contribution in [3.63, 3.8) is 0 Å². The molecule has 4 nitrogen and oxygen atoms in total. The summed E-state index contributed by atoms with van der Waals surface area (Å²) in [4.78, 5) is 11.1. The first-order chi connectivity index (χ1) is 7.24. The quantitative estimate of drug-likeness (QED) is 0.656. The van der Waals surface area contributed by atoms with Gasteiger partial charge >= 0.3 is 5.97 Å². The summed E-state index contributed by atoms with van der Waals surface area (Å²) in [6.07, 6.45) is 3.87. The molecule has 0 amide bonds. The summed E-state index contributed by atoms with van der Waals surface area (Å²) in [5.41, 5.74) is 0. The van der Waals surface area contributed by atoms with Gasteiger partial charge in [-0.3, -0.25) is 4.79 Å². The molecule has 1 heterocycles. The fraction of sp³-hybridized carbons (Fsp3) is 0.909. The van der Waals surface area contributed by atoms with Crippen LogP contribution >= 0.6 is 0 Å². The van der Waals surface area contributed by atoms with Gasteiger partial charge in [-0.15, -0.1) is 0 Å². The number of carbonyl (C=O) groups is 1. The SMILES string of the molecule is COC(=O)C(C)CCOC1CCCCO1. The van der Waals surface area contributed by atoms with Crippen LogP contribution < -0.4 is 0 Å². The molecule has 1 aliphatic heterocycles. The average Bonchev–Trinajstić information content (AvgIpc) is 2.29. The fourth-order valence-corrected chi connectivity index (χ4v) is 1.54. The summed E-state index contributed by atoms with van der Waals surface area (Å²) in [5.74, 6) is -0.276. The molecule has 1 aliphatic rings. The highest BCUT2D eigenvalue weighted by atomic mass is 16.7. The van der Waals surface area contributed by atoms with Gasteiger partial charge in [-0.25, -0.2) is 0 Å². The maximum Gasteiger partial charge on any atom is 0.308 e. The zero-order valence-electron chi connectivity index (χ0n) is 9.53. The van der Waals surface area contributed by atoms with Crippen LogP contribution in [0.25, 0.3) is 0 Å². The van der Waals surface area contributed by atoms with Gasteiger partial charge in [-0.05, 0) is 25.7 Å². The van der Waals surface area contributed by atoms with Crippen LogP contribution in [0.3, 0.4) is 0 Å². The number of esters is 1. The van der Waals surface area contributed by atoms with Crippen molar-refractivity contribution in [1.29, 1.82) is 0 Å². The molecule has 2 unspecified atom stereocenters. The molecule has 0 bridgehead atoms. The normalized spacial score (nSPS) is 23.5. The van der Waals surface area contributed by atoms with E-state index in [0.717, 1.165) is 25.9 Å². The molecule has 1 saturated heterocycles. The maximum absolute atomic E-state index is 11.1. The monoisotopic (exact) mass is 216 g/mol. The van der Waals surface area contributed by atoms with E-state index in [1.165, 1.54) is 7.11 Å². The van der Waals surface area contributed by atoms with E-state index in [-0.39, 0.29) is 18.2 Å². The molecule has 0 aliphatic carbocycles. The molecule has 0 aromatic heterocycles. The molecule has 4 heteroatoms. The topological polar surface area (TPSA) is 44.8 Å². The Morgan fingerprint density at radius 1 is 1.53 bits per heavy atom. The van der Waals surface area contributed by atoms with E-state index in [2.05, 4.69) is 4.74 Å². The van der Waals surface area contributed by atoms with E-state index in [1.54, 1.807) is 0 Å². The number of hydrogen-bond acceptors (Lipinski definition) is 4. The Morgan fingerprint density at radius 2 is 2.33 bits per heavy atom. The van der Waals surface area contributed by atoms with E-state index in [9.17, 15) is 4.79 Å². The summed E-state index contributed by atoms with van der Waals surface area (Å²) in [5, 5.41) is 0. The Labute approximate surface area is 90.9 Å². The van der Waals surface area contributed by atoms with Crippen LogP contribution in [0.15, 0.2) is 0 Å². The largest absolute Gasteiger partial charge is 0.469 e. The average molecular weight is 216 g/mol. The van der Waals surface area contributed by atoms with Gasteiger partial charge in [0.15, 0.2) is 6.29 Å².